The van der Waals surface area contributed by atoms with Crippen LogP contribution in [-0.4, -0.2) is 65.7 Å². The number of ether oxygens (including phenoxy) is 1. The number of aryl methyl sites for hydroxylation is 1. The van der Waals surface area contributed by atoms with E-state index in [0.29, 0.717) is 4.90 Å². The summed E-state index contributed by atoms with van der Waals surface area (Å²) in [6.07, 6.45) is 0.829. The number of nitrogens with zero attached hydrogens (tertiary/aromatic N) is 4. The Hall–Kier alpha value is -2.51. The van der Waals surface area contributed by atoms with E-state index in [1.165, 1.54) is 6.20 Å². The van der Waals surface area contributed by atoms with Crippen LogP contribution in [0.2, 0.25) is 0 Å². The first-order chi connectivity index (χ1) is 15.3. The third-order valence-corrected chi connectivity index (χ3v) is 6.16. The van der Waals surface area contributed by atoms with Gasteiger partial charge in [0.25, 0.3) is 0 Å². The third-order valence-electron chi connectivity index (χ3n) is 5.05. The molecule has 1 aromatic carbocycles. The van der Waals surface area contributed by atoms with Crippen molar-refractivity contribution in [3.8, 4) is 11.3 Å². The van der Waals surface area contributed by atoms with Gasteiger partial charge in [0.2, 0.25) is 0 Å². The molecule has 1 aliphatic rings. The number of aromatic nitrogens is 4. The zero-order chi connectivity index (χ0) is 23.0. The van der Waals surface area contributed by atoms with Gasteiger partial charge in [-0.05, 0) is 30.7 Å². The monoisotopic (exact) mass is 468 g/mol. The van der Waals surface area contributed by atoms with Crippen LogP contribution in [0.15, 0.2) is 41.7 Å². The van der Waals surface area contributed by atoms with Gasteiger partial charge in [0.15, 0.2) is 17.5 Å². The number of halogens is 3. The normalized spacial score (nSPS) is 25.8. The minimum absolute atomic E-state index is 0.00123. The maximum Gasteiger partial charge on any atom is 0.194 e. The summed E-state index contributed by atoms with van der Waals surface area (Å²) >= 11 is 1.16. The number of hydrogen-bond acceptors (Lipinski definition) is 8. The summed E-state index contributed by atoms with van der Waals surface area (Å²) in [5.41, 5.74) is -0.0618. The lowest BCUT2D eigenvalue weighted by atomic mass is 9.97. The molecule has 3 heterocycles. The van der Waals surface area contributed by atoms with Gasteiger partial charge in [-0.2, -0.15) is 0 Å². The molecule has 1 saturated heterocycles. The van der Waals surface area contributed by atoms with Crippen molar-refractivity contribution in [3.05, 3.63) is 59.8 Å². The summed E-state index contributed by atoms with van der Waals surface area (Å²) in [5, 5.41) is 39.0. The SMILES string of the molecule is Cc1cncc(S[C@H]2OC(CO)[C@H](O)C(n3cc(-c4cc(F)c(F)c(F)c4)nn3)[C@@H]2O)c1. The van der Waals surface area contributed by atoms with Crippen molar-refractivity contribution in [1.82, 2.24) is 20.0 Å². The summed E-state index contributed by atoms with van der Waals surface area (Å²) in [6, 6.07) is 2.28. The first kappa shape index (κ1) is 22.7. The maximum atomic E-state index is 13.6. The summed E-state index contributed by atoms with van der Waals surface area (Å²) in [4.78, 5) is 4.80. The van der Waals surface area contributed by atoms with Crippen molar-refractivity contribution in [2.45, 2.75) is 41.6 Å². The zero-order valence-corrected chi connectivity index (χ0v) is 17.5. The standard InChI is InChI=1S/C20H19F3N4O4S/c1-9-2-11(6-24-5-9)32-20-19(30)17(18(29)15(8-28)31-20)27-7-14(25-26-27)10-3-12(21)16(23)13(22)4-10/h2-7,15,17-20,28-30H,8H2,1H3/t15?,17?,18-,19-,20+/m0/s1. The molecule has 0 spiro atoms. The van der Waals surface area contributed by atoms with Gasteiger partial charge < -0.3 is 20.1 Å². The number of thioether (sulfide) groups is 1. The van der Waals surface area contributed by atoms with Gasteiger partial charge in [-0.15, -0.1) is 5.10 Å². The number of aliphatic hydroxyl groups is 3. The highest BCUT2D eigenvalue weighted by atomic mass is 32.2. The van der Waals surface area contributed by atoms with Crippen LogP contribution in [0.3, 0.4) is 0 Å². The van der Waals surface area contributed by atoms with E-state index in [9.17, 15) is 28.5 Å². The van der Waals surface area contributed by atoms with Crippen molar-refractivity contribution in [3.63, 3.8) is 0 Å². The number of rotatable bonds is 5. The summed E-state index contributed by atoms with van der Waals surface area (Å²) in [7, 11) is 0. The molecule has 1 aliphatic heterocycles. The minimum Gasteiger partial charge on any atom is -0.394 e. The molecule has 2 unspecified atom stereocenters. The first-order valence-electron chi connectivity index (χ1n) is 9.56. The molecule has 3 N–H and O–H groups in total. The van der Waals surface area contributed by atoms with Crippen molar-refractivity contribution < 1.29 is 33.2 Å². The van der Waals surface area contributed by atoms with E-state index in [4.69, 9.17) is 4.74 Å². The van der Waals surface area contributed by atoms with Crippen LogP contribution in [0.1, 0.15) is 11.6 Å². The molecule has 1 fully saturated rings. The van der Waals surface area contributed by atoms with Crippen LogP contribution < -0.4 is 0 Å². The van der Waals surface area contributed by atoms with E-state index in [2.05, 4.69) is 15.3 Å². The molecule has 4 rings (SSSR count). The van der Waals surface area contributed by atoms with Gasteiger partial charge >= 0.3 is 0 Å². The Morgan fingerprint density at radius 1 is 1.09 bits per heavy atom. The molecule has 5 atom stereocenters. The van der Waals surface area contributed by atoms with E-state index in [1.54, 1.807) is 12.4 Å². The quantitative estimate of drug-likeness (QED) is 0.486. The number of aliphatic hydroxyl groups excluding tert-OH is 3. The van der Waals surface area contributed by atoms with Gasteiger partial charge in [-0.3, -0.25) is 4.98 Å². The van der Waals surface area contributed by atoms with Crippen molar-refractivity contribution in [1.29, 1.82) is 0 Å². The Morgan fingerprint density at radius 2 is 1.81 bits per heavy atom. The third kappa shape index (κ3) is 4.36. The molecule has 0 saturated carbocycles. The van der Waals surface area contributed by atoms with Crippen LogP contribution in [-0.2, 0) is 4.74 Å². The van der Waals surface area contributed by atoms with Crippen molar-refractivity contribution >= 4 is 11.8 Å². The topological polar surface area (TPSA) is 114 Å². The van der Waals surface area contributed by atoms with E-state index in [1.807, 2.05) is 13.0 Å². The van der Waals surface area contributed by atoms with Gasteiger partial charge in [0, 0.05) is 22.9 Å². The van der Waals surface area contributed by atoms with E-state index >= 15 is 0 Å². The summed E-state index contributed by atoms with van der Waals surface area (Å²) < 4.78 is 47.2. The lowest BCUT2D eigenvalue weighted by Gasteiger charge is -2.41. The number of pyridine rings is 1. The number of hydrogen-bond donors (Lipinski definition) is 3. The minimum atomic E-state index is -1.60. The van der Waals surface area contributed by atoms with Gasteiger partial charge in [0.1, 0.15) is 35.5 Å². The average molecular weight is 468 g/mol. The lowest BCUT2D eigenvalue weighted by Crippen LogP contribution is -2.55. The molecule has 3 aromatic rings. The van der Waals surface area contributed by atoms with Crippen LogP contribution >= 0.6 is 11.8 Å². The van der Waals surface area contributed by atoms with Gasteiger partial charge in [-0.25, -0.2) is 17.9 Å². The predicted octanol–water partition coefficient (Wildman–Crippen LogP) is 1.84. The Balaban J connectivity index is 1.64. The van der Waals surface area contributed by atoms with Crippen LogP contribution in [0.5, 0.6) is 0 Å². The fourth-order valence-electron chi connectivity index (χ4n) is 3.46. The zero-order valence-electron chi connectivity index (χ0n) is 16.6. The Labute approximate surface area is 184 Å². The second kappa shape index (κ2) is 9.16. The molecule has 0 amide bonds. The molecular weight excluding hydrogens is 449 g/mol. The molecule has 32 heavy (non-hydrogen) atoms. The highest BCUT2D eigenvalue weighted by molar-refractivity contribution is 7.99. The molecule has 0 aliphatic carbocycles. The molecule has 8 nitrogen and oxygen atoms in total. The Bertz CT molecular complexity index is 1090. The van der Waals surface area contributed by atoms with E-state index < -0.39 is 53.8 Å². The van der Waals surface area contributed by atoms with Crippen molar-refractivity contribution in [2.24, 2.45) is 0 Å². The summed E-state index contributed by atoms with van der Waals surface area (Å²) in [5.74, 6) is -4.37. The predicted molar refractivity (Wildman–Crippen MR) is 107 cm³/mol. The van der Waals surface area contributed by atoms with Crippen LogP contribution in [0.4, 0.5) is 13.2 Å². The molecule has 0 radical (unpaired) electrons. The molecule has 2 aromatic heterocycles. The van der Waals surface area contributed by atoms with Crippen molar-refractivity contribution in [2.75, 3.05) is 6.61 Å². The Morgan fingerprint density at radius 3 is 2.47 bits per heavy atom. The molecule has 0 bridgehead atoms. The first-order valence-corrected chi connectivity index (χ1v) is 10.4. The largest absolute Gasteiger partial charge is 0.394 e. The maximum absolute atomic E-state index is 13.6. The van der Waals surface area contributed by atoms with E-state index in [-0.39, 0.29) is 11.3 Å². The fraction of sp³-hybridized carbons (Fsp3) is 0.350. The molecular formula is C20H19F3N4O4S. The average Bonchev–Trinajstić information content (AvgIpc) is 3.23. The van der Waals surface area contributed by atoms with Crippen LogP contribution in [0.25, 0.3) is 11.3 Å². The molecule has 12 heteroatoms. The van der Waals surface area contributed by atoms with Gasteiger partial charge in [0.05, 0.1) is 12.8 Å². The fourth-order valence-corrected chi connectivity index (χ4v) is 4.60. The highest BCUT2D eigenvalue weighted by Gasteiger charge is 2.46. The number of benzene rings is 1. The van der Waals surface area contributed by atoms with Crippen LogP contribution in [0, 0.1) is 24.4 Å². The van der Waals surface area contributed by atoms with E-state index in [0.717, 1.165) is 34.1 Å². The second-order valence-corrected chi connectivity index (χ2v) is 8.52. The molecule has 170 valence electrons. The Kier molecular flexibility index (Phi) is 6.49. The lowest BCUT2D eigenvalue weighted by molar-refractivity contribution is -0.178. The second-order valence-electron chi connectivity index (χ2n) is 7.35. The smallest absolute Gasteiger partial charge is 0.194 e. The summed E-state index contributed by atoms with van der Waals surface area (Å²) in [6.45, 7) is 1.33. The highest BCUT2D eigenvalue weighted by Crippen LogP contribution is 2.38. The van der Waals surface area contributed by atoms with Gasteiger partial charge in [-0.1, -0.05) is 17.0 Å².